The molecule has 2 fully saturated rings. The van der Waals surface area contributed by atoms with E-state index in [4.69, 9.17) is 4.74 Å². The molecule has 1 amide bonds. The van der Waals surface area contributed by atoms with Crippen LogP contribution in [0.3, 0.4) is 0 Å². The van der Waals surface area contributed by atoms with Gasteiger partial charge in [0, 0.05) is 20.2 Å². The van der Waals surface area contributed by atoms with E-state index in [9.17, 15) is 4.79 Å². The predicted molar refractivity (Wildman–Crippen MR) is 76.0 cm³/mol. The van der Waals surface area contributed by atoms with Crippen LogP contribution in [0.1, 0.15) is 39.0 Å². The molecule has 0 aromatic heterocycles. The van der Waals surface area contributed by atoms with Gasteiger partial charge in [-0.05, 0) is 44.7 Å². The largest absolute Gasteiger partial charge is 0.384 e. The van der Waals surface area contributed by atoms with Crippen LogP contribution in [0.25, 0.3) is 0 Å². The Morgan fingerprint density at radius 3 is 2.79 bits per heavy atom. The molecule has 0 saturated carbocycles. The quantitative estimate of drug-likeness (QED) is 0.843. The van der Waals surface area contributed by atoms with Crippen molar-refractivity contribution in [2.75, 3.05) is 39.9 Å². The van der Waals surface area contributed by atoms with Gasteiger partial charge in [-0.25, -0.2) is 0 Å². The highest BCUT2D eigenvalue weighted by molar-refractivity contribution is 5.83. The minimum atomic E-state index is -0.268. The maximum Gasteiger partial charge on any atom is 0.231 e. The molecule has 19 heavy (non-hydrogen) atoms. The van der Waals surface area contributed by atoms with Crippen LogP contribution in [0.15, 0.2) is 0 Å². The Bertz CT molecular complexity index is 295. The molecule has 0 aromatic carbocycles. The monoisotopic (exact) mass is 268 g/mol. The lowest BCUT2D eigenvalue weighted by molar-refractivity contribution is -0.149. The van der Waals surface area contributed by atoms with Crippen LogP contribution in [-0.4, -0.2) is 50.7 Å². The van der Waals surface area contributed by atoms with E-state index < -0.39 is 0 Å². The van der Waals surface area contributed by atoms with Crippen LogP contribution in [-0.2, 0) is 9.53 Å². The highest BCUT2D eigenvalue weighted by Crippen LogP contribution is 2.33. The number of piperidine rings is 2. The number of nitrogens with one attached hydrogen (secondary N) is 1. The van der Waals surface area contributed by atoms with Crippen molar-refractivity contribution in [3.05, 3.63) is 0 Å². The molecule has 0 aliphatic carbocycles. The van der Waals surface area contributed by atoms with Crippen LogP contribution in [0.2, 0.25) is 0 Å². The van der Waals surface area contributed by atoms with Crippen molar-refractivity contribution < 1.29 is 9.53 Å². The fraction of sp³-hybridized carbons (Fsp3) is 0.933. The van der Waals surface area contributed by atoms with Gasteiger partial charge in [0.15, 0.2) is 0 Å². The van der Waals surface area contributed by atoms with Crippen molar-refractivity contribution in [2.45, 2.75) is 39.0 Å². The number of likely N-dealkylation sites (tertiary alicyclic amines) is 1. The van der Waals surface area contributed by atoms with E-state index in [1.807, 2.05) is 0 Å². The average Bonchev–Trinajstić information content (AvgIpc) is 2.48. The summed E-state index contributed by atoms with van der Waals surface area (Å²) in [6.45, 7) is 6.55. The first-order chi connectivity index (χ1) is 9.22. The maximum absolute atomic E-state index is 12.9. The van der Waals surface area contributed by atoms with Crippen molar-refractivity contribution >= 4 is 5.91 Å². The zero-order valence-electron chi connectivity index (χ0n) is 12.4. The number of carbonyl (C=O) groups is 1. The Kier molecular flexibility index (Phi) is 5.22. The van der Waals surface area contributed by atoms with Gasteiger partial charge in [-0.2, -0.15) is 0 Å². The molecule has 4 nitrogen and oxygen atoms in total. The van der Waals surface area contributed by atoms with E-state index >= 15 is 0 Å². The molecule has 110 valence electrons. The summed E-state index contributed by atoms with van der Waals surface area (Å²) in [5, 5.41) is 3.35. The number of amides is 1. The fourth-order valence-corrected chi connectivity index (χ4v) is 3.52. The lowest BCUT2D eigenvalue weighted by atomic mass is 9.77. The van der Waals surface area contributed by atoms with E-state index in [1.54, 1.807) is 7.11 Å². The number of hydrogen-bond acceptors (Lipinski definition) is 3. The molecular weight excluding hydrogens is 240 g/mol. The first-order valence-corrected chi connectivity index (χ1v) is 7.71. The molecule has 2 rings (SSSR count). The standard InChI is InChI=1S/C15H28N2O2/c1-3-13-5-4-10-17(11-13)14(18)15(12-19-2)6-8-16-9-7-15/h13,16H,3-12H2,1-2H3. The molecule has 0 radical (unpaired) electrons. The molecular formula is C15H28N2O2. The molecule has 0 aromatic rings. The molecule has 2 saturated heterocycles. The molecule has 4 heteroatoms. The Morgan fingerprint density at radius 1 is 1.42 bits per heavy atom. The summed E-state index contributed by atoms with van der Waals surface area (Å²) in [5.74, 6) is 1.04. The number of nitrogens with zero attached hydrogens (tertiary/aromatic N) is 1. The summed E-state index contributed by atoms with van der Waals surface area (Å²) < 4.78 is 5.37. The van der Waals surface area contributed by atoms with Crippen molar-refractivity contribution in [3.63, 3.8) is 0 Å². The van der Waals surface area contributed by atoms with E-state index in [-0.39, 0.29) is 5.41 Å². The van der Waals surface area contributed by atoms with Crippen molar-refractivity contribution in [1.82, 2.24) is 10.2 Å². The summed E-state index contributed by atoms with van der Waals surface area (Å²) in [5.41, 5.74) is -0.268. The summed E-state index contributed by atoms with van der Waals surface area (Å²) in [7, 11) is 1.71. The number of ether oxygens (including phenoxy) is 1. The topological polar surface area (TPSA) is 41.6 Å². The minimum Gasteiger partial charge on any atom is -0.384 e. The van der Waals surface area contributed by atoms with Gasteiger partial charge in [-0.15, -0.1) is 0 Å². The zero-order valence-corrected chi connectivity index (χ0v) is 12.4. The molecule has 2 aliphatic rings. The zero-order chi connectivity index (χ0) is 13.7. The summed E-state index contributed by atoms with van der Waals surface area (Å²) in [6.07, 6.45) is 5.44. The van der Waals surface area contributed by atoms with E-state index in [0.29, 0.717) is 18.4 Å². The van der Waals surface area contributed by atoms with Gasteiger partial charge < -0.3 is 15.0 Å². The van der Waals surface area contributed by atoms with E-state index in [0.717, 1.165) is 45.4 Å². The highest BCUT2D eigenvalue weighted by Gasteiger charge is 2.42. The van der Waals surface area contributed by atoms with E-state index in [2.05, 4.69) is 17.1 Å². The van der Waals surface area contributed by atoms with Crippen LogP contribution in [0, 0.1) is 11.3 Å². The first kappa shape index (κ1) is 14.8. The third-order valence-electron chi connectivity index (χ3n) is 4.82. The predicted octanol–water partition coefficient (Wildman–Crippen LogP) is 1.65. The van der Waals surface area contributed by atoms with Crippen LogP contribution >= 0.6 is 0 Å². The van der Waals surface area contributed by atoms with Gasteiger partial charge in [-0.3, -0.25) is 4.79 Å². The van der Waals surface area contributed by atoms with Crippen LogP contribution in [0.5, 0.6) is 0 Å². The Hall–Kier alpha value is -0.610. The SMILES string of the molecule is CCC1CCCN(C(=O)C2(COC)CCNCC2)C1. The molecule has 1 N–H and O–H groups in total. The molecule has 1 atom stereocenters. The number of methoxy groups -OCH3 is 1. The molecule has 2 heterocycles. The summed E-state index contributed by atoms with van der Waals surface area (Å²) in [4.78, 5) is 15.1. The molecule has 2 aliphatic heterocycles. The first-order valence-electron chi connectivity index (χ1n) is 7.71. The average molecular weight is 268 g/mol. The lowest BCUT2D eigenvalue weighted by Gasteiger charge is -2.42. The van der Waals surface area contributed by atoms with Gasteiger partial charge in [0.05, 0.1) is 12.0 Å². The van der Waals surface area contributed by atoms with Gasteiger partial charge in [0.1, 0.15) is 0 Å². The van der Waals surface area contributed by atoms with Gasteiger partial charge >= 0.3 is 0 Å². The minimum absolute atomic E-state index is 0.268. The van der Waals surface area contributed by atoms with Crippen molar-refractivity contribution in [2.24, 2.45) is 11.3 Å². The molecule has 0 bridgehead atoms. The summed E-state index contributed by atoms with van der Waals surface area (Å²) in [6, 6.07) is 0. The highest BCUT2D eigenvalue weighted by atomic mass is 16.5. The van der Waals surface area contributed by atoms with Crippen molar-refractivity contribution in [1.29, 1.82) is 0 Å². The van der Waals surface area contributed by atoms with Crippen LogP contribution in [0.4, 0.5) is 0 Å². The second kappa shape index (κ2) is 6.71. The maximum atomic E-state index is 12.9. The Labute approximate surface area is 116 Å². The lowest BCUT2D eigenvalue weighted by Crippen LogP contribution is -2.53. The van der Waals surface area contributed by atoms with Crippen LogP contribution < -0.4 is 5.32 Å². The normalized spacial score (nSPS) is 27.3. The second-order valence-corrected chi connectivity index (χ2v) is 6.13. The van der Waals surface area contributed by atoms with Gasteiger partial charge in [0.2, 0.25) is 5.91 Å². The summed E-state index contributed by atoms with van der Waals surface area (Å²) >= 11 is 0. The number of rotatable bonds is 4. The number of carbonyl (C=O) groups excluding carboxylic acids is 1. The molecule has 0 spiro atoms. The fourth-order valence-electron chi connectivity index (χ4n) is 3.52. The Balaban J connectivity index is 2.05. The smallest absolute Gasteiger partial charge is 0.231 e. The van der Waals surface area contributed by atoms with Gasteiger partial charge in [-0.1, -0.05) is 13.3 Å². The van der Waals surface area contributed by atoms with E-state index in [1.165, 1.54) is 12.8 Å². The Morgan fingerprint density at radius 2 is 2.16 bits per heavy atom. The second-order valence-electron chi connectivity index (χ2n) is 6.13. The molecule has 1 unspecified atom stereocenters. The van der Waals surface area contributed by atoms with Gasteiger partial charge in [0.25, 0.3) is 0 Å². The number of hydrogen-bond donors (Lipinski definition) is 1. The third-order valence-corrected chi connectivity index (χ3v) is 4.82. The van der Waals surface area contributed by atoms with Crippen molar-refractivity contribution in [3.8, 4) is 0 Å². The third kappa shape index (κ3) is 3.29.